The van der Waals surface area contributed by atoms with E-state index in [9.17, 15) is 14.0 Å². The fourth-order valence-electron chi connectivity index (χ4n) is 5.56. The summed E-state index contributed by atoms with van der Waals surface area (Å²) < 4.78 is 31.5. The number of allylic oxidation sites excluding steroid dienone is 2. The Kier molecular flexibility index (Phi) is 9.91. The molecule has 0 unspecified atom stereocenters. The highest BCUT2D eigenvalue weighted by molar-refractivity contribution is 6.08. The lowest BCUT2D eigenvalue weighted by Gasteiger charge is -2.23. The van der Waals surface area contributed by atoms with Crippen LogP contribution in [0.3, 0.4) is 0 Å². The summed E-state index contributed by atoms with van der Waals surface area (Å²) >= 11 is 0. The number of amides is 2. The van der Waals surface area contributed by atoms with Gasteiger partial charge in [0.15, 0.2) is 18.1 Å². The lowest BCUT2D eigenvalue weighted by atomic mass is 10.00. The number of rotatable bonds is 11. The summed E-state index contributed by atoms with van der Waals surface area (Å²) in [6, 6.07) is 13.8. The Balaban J connectivity index is 1.38. The average molecular weight is 601 g/mol. The molecule has 1 aromatic heterocycles. The highest BCUT2D eigenvalue weighted by Gasteiger charge is 2.26. The summed E-state index contributed by atoms with van der Waals surface area (Å²) in [4.78, 5) is 29.8. The maximum Gasteiger partial charge on any atom is 0.258 e. The van der Waals surface area contributed by atoms with Crippen LogP contribution in [0.15, 0.2) is 60.3 Å². The normalized spacial score (nSPS) is 15.6. The predicted octanol–water partition coefficient (Wildman–Crippen LogP) is 4.52. The van der Waals surface area contributed by atoms with E-state index in [1.807, 2.05) is 31.2 Å². The number of methoxy groups -OCH3 is 2. The minimum absolute atomic E-state index is 0.0886. The standard InChI is InChI=1S/C34H37FN4O5/c1-21-27(26-8-7-23(35)17-29(26)28(21)18-32(40)38-19-25-6-4-5-11-37-25)14-22-15-30(42-2)34(31(16-22)43-3)44-20-33(41)39-24-9-12-36-13-10-24/h4-8,11,14-17,24,36H,9-10,12-13,18-20H2,1-3H3,(H,38,40)(H,39,41). The second kappa shape index (κ2) is 14.2. The van der Waals surface area contributed by atoms with E-state index in [1.54, 1.807) is 24.4 Å². The molecule has 1 aliphatic heterocycles. The van der Waals surface area contributed by atoms with E-state index in [4.69, 9.17) is 14.2 Å². The first-order chi connectivity index (χ1) is 21.4. The van der Waals surface area contributed by atoms with Gasteiger partial charge in [-0.1, -0.05) is 12.1 Å². The molecule has 1 fully saturated rings. The van der Waals surface area contributed by atoms with Crippen molar-refractivity contribution in [2.75, 3.05) is 33.9 Å². The lowest BCUT2D eigenvalue weighted by molar-refractivity contribution is -0.124. The van der Waals surface area contributed by atoms with Crippen LogP contribution in [0.4, 0.5) is 4.39 Å². The summed E-state index contributed by atoms with van der Waals surface area (Å²) in [6.07, 6.45) is 5.47. The first-order valence-electron chi connectivity index (χ1n) is 14.6. The first kappa shape index (κ1) is 30.7. The molecule has 2 aromatic carbocycles. The Bertz CT molecular complexity index is 1560. The number of carbonyl (C=O) groups is 2. The smallest absolute Gasteiger partial charge is 0.258 e. The van der Waals surface area contributed by atoms with Gasteiger partial charge in [-0.25, -0.2) is 4.39 Å². The zero-order chi connectivity index (χ0) is 31.1. The number of carbonyl (C=O) groups excluding carboxylic acids is 2. The van der Waals surface area contributed by atoms with Gasteiger partial charge < -0.3 is 30.2 Å². The van der Waals surface area contributed by atoms with Gasteiger partial charge in [0, 0.05) is 12.2 Å². The number of halogens is 1. The molecule has 2 amide bonds. The minimum atomic E-state index is -0.377. The molecule has 3 aromatic rings. The molecule has 0 saturated carbocycles. The van der Waals surface area contributed by atoms with Gasteiger partial charge in [0.1, 0.15) is 5.82 Å². The van der Waals surface area contributed by atoms with Gasteiger partial charge >= 0.3 is 0 Å². The molecule has 1 aliphatic carbocycles. The number of hydrogen-bond donors (Lipinski definition) is 3. The first-order valence-corrected chi connectivity index (χ1v) is 14.6. The molecule has 9 nitrogen and oxygen atoms in total. The van der Waals surface area contributed by atoms with Crippen LogP contribution in [-0.4, -0.2) is 56.8 Å². The number of pyridine rings is 1. The van der Waals surface area contributed by atoms with E-state index in [1.165, 1.54) is 26.4 Å². The van der Waals surface area contributed by atoms with E-state index in [0.717, 1.165) is 59.5 Å². The monoisotopic (exact) mass is 600 g/mol. The van der Waals surface area contributed by atoms with Gasteiger partial charge in [-0.05, 0) is 109 Å². The molecule has 0 bridgehead atoms. The van der Waals surface area contributed by atoms with Crippen LogP contribution < -0.4 is 30.2 Å². The Morgan fingerprint density at radius 3 is 2.45 bits per heavy atom. The van der Waals surface area contributed by atoms with Crippen molar-refractivity contribution in [3.63, 3.8) is 0 Å². The fourth-order valence-corrected chi connectivity index (χ4v) is 5.56. The van der Waals surface area contributed by atoms with Crippen LogP contribution in [-0.2, 0) is 16.1 Å². The Hall–Kier alpha value is -4.70. The molecule has 0 radical (unpaired) electrons. The number of nitrogens with zero attached hydrogens (tertiary/aromatic N) is 1. The quantitative estimate of drug-likeness (QED) is 0.297. The van der Waals surface area contributed by atoms with Gasteiger partial charge in [0.25, 0.3) is 5.91 Å². The summed E-state index contributed by atoms with van der Waals surface area (Å²) in [5, 5.41) is 9.20. The minimum Gasteiger partial charge on any atom is -0.493 e. The molecular formula is C34H37FN4O5. The molecule has 0 spiro atoms. The van der Waals surface area contributed by atoms with E-state index in [0.29, 0.717) is 29.4 Å². The van der Waals surface area contributed by atoms with E-state index < -0.39 is 0 Å². The predicted molar refractivity (Wildman–Crippen MR) is 167 cm³/mol. The summed E-state index contributed by atoms with van der Waals surface area (Å²) in [5.74, 6) is 0.356. The summed E-state index contributed by atoms with van der Waals surface area (Å²) in [6.45, 7) is 3.80. The number of benzene rings is 2. The van der Waals surface area contributed by atoms with E-state index >= 15 is 0 Å². The number of hydrogen-bond acceptors (Lipinski definition) is 7. The van der Waals surface area contributed by atoms with Crippen molar-refractivity contribution >= 4 is 29.0 Å². The second-order valence-electron chi connectivity index (χ2n) is 10.8. The molecule has 2 aliphatic rings. The third kappa shape index (κ3) is 7.26. The topological polar surface area (TPSA) is 111 Å². The van der Waals surface area contributed by atoms with Gasteiger partial charge in [-0.2, -0.15) is 0 Å². The maximum atomic E-state index is 14.4. The van der Waals surface area contributed by atoms with Gasteiger partial charge in [0.05, 0.1) is 32.9 Å². The molecular weight excluding hydrogens is 563 g/mol. The number of fused-ring (bicyclic) bond motifs is 1. The zero-order valence-electron chi connectivity index (χ0n) is 25.2. The van der Waals surface area contributed by atoms with Gasteiger partial charge in [0.2, 0.25) is 11.7 Å². The lowest BCUT2D eigenvalue weighted by Crippen LogP contribution is -2.44. The van der Waals surface area contributed by atoms with Crippen molar-refractivity contribution in [1.82, 2.24) is 20.9 Å². The highest BCUT2D eigenvalue weighted by atomic mass is 19.1. The van der Waals surface area contributed by atoms with E-state index in [-0.39, 0.29) is 36.7 Å². The van der Waals surface area contributed by atoms with Crippen LogP contribution >= 0.6 is 0 Å². The number of aromatic nitrogens is 1. The number of nitrogens with one attached hydrogen (secondary N) is 3. The van der Waals surface area contributed by atoms with Crippen molar-refractivity contribution < 1.29 is 28.2 Å². The van der Waals surface area contributed by atoms with Crippen molar-refractivity contribution in [2.45, 2.75) is 38.8 Å². The molecule has 0 atom stereocenters. The Morgan fingerprint density at radius 2 is 1.77 bits per heavy atom. The number of ether oxygens (including phenoxy) is 3. The maximum absolute atomic E-state index is 14.4. The summed E-state index contributed by atoms with van der Waals surface area (Å²) in [5.41, 5.74) is 5.48. The summed E-state index contributed by atoms with van der Waals surface area (Å²) in [7, 11) is 3.04. The third-order valence-electron chi connectivity index (χ3n) is 7.83. The van der Waals surface area contributed by atoms with Gasteiger partial charge in [-0.15, -0.1) is 0 Å². The molecule has 3 N–H and O–H groups in total. The molecule has 230 valence electrons. The van der Waals surface area contributed by atoms with Crippen LogP contribution in [0.5, 0.6) is 17.2 Å². The van der Waals surface area contributed by atoms with Crippen LogP contribution in [0.1, 0.15) is 48.6 Å². The Labute approximate surface area is 256 Å². The second-order valence-corrected chi connectivity index (χ2v) is 10.8. The van der Waals surface area contributed by atoms with Gasteiger partial charge in [-0.3, -0.25) is 14.6 Å². The van der Waals surface area contributed by atoms with Crippen LogP contribution in [0, 0.1) is 5.82 Å². The SMILES string of the molecule is COc1cc(C=C2C(C)=C(CC(=O)NCc3ccccn3)c3cc(F)ccc32)cc(OC)c1OCC(=O)NC1CCNCC1. The van der Waals surface area contributed by atoms with Crippen LogP contribution in [0.25, 0.3) is 17.2 Å². The Morgan fingerprint density at radius 1 is 1.02 bits per heavy atom. The highest BCUT2D eigenvalue weighted by Crippen LogP contribution is 2.45. The van der Waals surface area contributed by atoms with Crippen LogP contribution in [0.2, 0.25) is 0 Å². The fraction of sp³-hybridized carbons (Fsp3) is 0.324. The van der Waals surface area contributed by atoms with Crippen molar-refractivity contribution in [2.24, 2.45) is 0 Å². The average Bonchev–Trinajstić information content (AvgIpc) is 3.28. The molecule has 5 rings (SSSR count). The van der Waals surface area contributed by atoms with E-state index in [2.05, 4.69) is 20.9 Å². The molecule has 2 heterocycles. The van der Waals surface area contributed by atoms with Crippen molar-refractivity contribution in [3.8, 4) is 17.2 Å². The third-order valence-corrected chi connectivity index (χ3v) is 7.83. The number of piperidine rings is 1. The molecule has 44 heavy (non-hydrogen) atoms. The molecule has 10 heteroatoms. The van der Waals surface area contributed by atoms with Crippen molar-refractivity contribution in [3.05, 3.63) is 88.5 Å². The van der Waals surface area contributed by atoms with Crippen molar-refractivity contribution in [1.29, 1.82) is 0 Å². The largest absolute Gasteiger partial charge is 0.493 e. The molecule has 1 saturated heterocycles. The zero-order valence-corrected chi connectivity index (χ0v) is 25.2.